The van der Waals surface area contributed by atoms with Crippen molar-refractivity contribution in [1.82, 2.24) is 15.5 Å². The number of hydrogen-bond donors (Lipinski definition) is 5. The maximum Gasteiger partial charge on any atom is 0.265 e. The van der Waals surface area contributed by atoms with E-state index in [1.165, 1.54) is 23.1 Å². The van der Waals surface area contributed by atoms with E-state index >= 15 is 0 Å². The van der Waals surface area contributed by atoms with Crippen molar-refractivity contribution in [2.75, 3.05) is 6.54 Å². The van der Waals surface area contributed by atoms with Crippen molar-refractivity contribution < 1.29 is 24.3 Å². The fraction of sp³-hybridized carbons (Fsp3) is 0.250. The van der Waals surface area contributed by atoms with Gasteiger partial charge in [-0.15, -0.1) is 0 Å². The van der Waals surface area contributed by atoms with E-state index in [0.29, 0.717) is 24.9 Å². The normalized spacial score (nSPS) is 16.4. The SMILES string of the molecule is NC(=O)/C(=C/c1ccccc1)NC(=O)[C@H](Cc1ccccc1)NC(=O)[C@@H]1CCCN1C(=O)[C@@H](N)Cc1ccc(O)cc1. The molecule has 1 aliphatic rings. The van der Waals surface area contributed by atoms with Crippen LogP contribution in [0.1, 0.15) is 29.5 Å². The van der Waals surface area contributed by atoms with Gasteiger partial charge in [-0.3, -0.25) is 19.2 Å². The third-order valence-corrected chi connectivity index (χ3v) is 7.10. The highest BCUT2D eigenvalue weighted by Crippen LogP contribution is 2.20. The maximum absolute atomic E-state index is 13.5. The number of nitrogens with one attached hydrogen (secondary N) is 2. The van der Waals surface area contributed by atoms with Gasteiger partial charge in [-0.1, -0.05) is 72.8 Å². The molecule has 1 heterocycles. The second-order valence-corrected chi connectivity index (χ2v) is 10.2. The highest BCUT2D eigenvalue weighted by molar-refractivity contribution is 6.02. The molecule has 0 spiro atoms. The average Bonchev–Trinajstić information content (AvgIpc) is 3.48. The Hall–Kier alpha value is -4.96. The standard InChI is InChI=1S/C32H35N5O5/c33-25(18-23-13-15-24(38)16-14-23)32(42)37-17-7-12-28(37)31(41)36-27(20-22-10-5-2-6-11-22)30(40)35-26(29(34)39)19-21-8-3-1-4-9-21/h1-6,8-11,13-16,19,25,27-28,38H,7,12,17-18,20,33H2,(H2,34,39)(H,35,40)(H,36,41)/b26-19-/t25-,27-,28-/m0/s1. The number of phenols is 1. The zero-order valence-corrected chi connectivity index (χ0v) is 23.1. The molecule has 1 saturated heterocycles. The Morgan fingerprint density at radius 3 is 2.17 bits per heavy atom. The van der Waals surface area contributed by atoms with Crippen molar-refractivity contribution in [3.05, 3.63) is 107 Å². The van der Waals surface area contributed by atoms with Gasteiger partial charge in [0.15, 0.2) is 0 Å². The Bertz CT molecular complexity index is 1430. The van der Waals surface area contributed by atoms with E-state index in [1.54, 1.807) is 36.4 Å². The number of hydrogen-bond acceptors (Lipinski definition) is 6. The summed E-state index contributed by atoms with van der Waals surface area (Å²) in [6.45, 7) is 0.362. The molecule has 7 N–H and O–H groups in total. The summed E-state index contributed by atoms with van der Waals surface area (Å²) >= 11 is 0. The maximum atomic E-state index is 13.5. The van der Waals surface area contributed by atoms with Gasteiger partial charge in [-0.05, 0) is 54.2 Å². The largest absolute Gasteiger partial charge is 0.508 e. The van der Waals surface area contributed by atoms with E-state index in [0.717, 1.165) is 11.1 Å². The Balaban J connectivity index is 1.49. The molecule has 10 nitrogen and oxygen atoms in total. The second-order valence-electron chi connectivity index (χ2n) is 10.2. The van der Waals surface area contributed by atoms with E-state index in [9.17, 15) is 24.3 Å². The Labute approximate surface area is 244 Å². The smallest absolute Gasteiger partial charge is 0.265 e. The molecule has 1 fully saturated rings. The number of aromatic hydroxyl groups is 1. The van der Waals surface area contributed by atoms with Crippen molar-refractivity contribution in [2.24, 2.45) is 11.5 Å². The molecule has 0 saturated carbocycles. The molecule has 3 aromatic rings. The number of rotatable bonds is 11. The molecule has 42 heavy (non-hydrogen) atoms. The summed E-state index contributed by atoms with van der Waals surface area (Å²) in [6.07, 6.45) is 2.89. The highest BCUT2D eigenvalue weighted by Gasteiger charge is 2.37. The summed E-state index contributed by atoms with van der Waals surface area (Å²) in [4.78, 5) is 53.9. The number of amides is 4. The molecule has 0 unspecified atom stereocenters. The van der Waals surface area contributed by atoms with Crippen LogP contribution in [0, 0.1) is 0 Å². The van der Waals surface area contributed by atoms with E-state index in [-0.39, 0.29) is 30.2 Å². The lowest BCUT2D eigenvalue weighted by molar-refractivity contribution is -0.140. The molecular formula is C32H35N5O5. The topological polar surface area (TPSA) is 168 Å². The van der Waals surface area contributed by atoms with Crippen molar-refractivity contribution in [3.63, 3.8) is 0 Å². The second kappa shape index (κ2) is 14.1. The third kappa shape index (κ3) is 8.05. The predicted molar refractivity (Wildman–Crippen MR) is 158 cm³/mol. The van der Waals surface area contributed by atoms with Gasteiger partial charge in [0.25, 0.3) is 5.91 Å². The summed E-state index contributed by atoms with van der Waals surface area (Å²) in [5, 5.41) is 14.9. The van der Waals surface area contributed by atoms with Crippen molar-refractivity contribution in [2.45, 2.75) is 43.8 Å². The molecule has 1 aliphatic heterocycles. The fourth-order valence-electron chi connectivity index (χ4n) is 4.92. The van der Waals surface area contributed by atoms with Gasteiger partial charge in [0.1, 0.15) is 23.5 Å². The number of nitrogens with two attached hydrogens (primary N) is 2. The number of carbonyl (C=O) groups excluding carboxylic acids is 4. The summed E-state index contributed by atoms with van der Waals surface area (Å²) in [6, 6.07) is 21.8. The lowest BCUT2D eigenvalue weighted by Crippen LogP contribution is -2.56. The number of nitrogens with zero attached hydrogens (tertiary/aromatic N) is 1. The molecular weight excluding hydrogens is 534 g/mol. The van der Waals surface area contributed by atoms with Gasteiger partial charge >= 0.3 is 0 Å². The minimum absolute atomic E-state index is 0.113. The lowest BCUT2D eigenvalue weighted by Gasteiger charge is -2.28. The van der Waals surface area contributed by atoms with E-state index in [1.807, 2.05) is 36.4 Å². The highest BCUT2D eigenvalue weighted by atomic mass is 16.3. The van der Waals surface area contributed by atoms with Crippen LogP contribution in [0.4, 0.5) is 0 Å². The van der Waals surface area contributed by atoms with Crippen LogP contribution < -0.4 is 22.1 Å². The molecule has 4 amide bonds. The molecule has 0 radical (unpaired) electrons. The van der Waals surface area contributed by atoms with Gasteiger partial charge < -0.3 is 32.1 Å². The van der Waals surface area contributed by atoms with Crippen molar-refractivity contribution >= 4 is 29.7 Å². The van der Waals surface area contributed by atoms with E-state index in [2.05, 4.69) is 10.6 Å². The van der Waals surface area contributed by atoms with Crippen molar-refractivity contribution in [1.29, 1.82) is 0 Å². The van der Waals surface area contributed by atoms with Gasteiger partial charge in [0.2, 0.25) is 17.7 Å². The van der Waals surface area contributed by atoms with Crippen LogP contribution in [0.3, 0.4) is 0 Å². The molecule has 10 heteroatoms. The van der Waals surface area contributed by atoms with Crippen LogP contribution in [-0.4, -0.2) is 58.3 Å². The molecule has 0 aliphatic carbocycles. The number of phenolic OH excluding ortho intramolecular Hbond substituents is 1. The zero-order chi connectivity index (χ0) is 30.1. The molecule has 0 bridgehead atoms. The first-order valence-corrected chi connectivity index (χ1v) is 13.8. The number of carbonyl (C=O) groups is 4. The molecule has 3 aromatic carbocycles. The minimum Gasteiger partial charge on any atom is -0.508 e. The van der Waals surface area contributed by atoms with Crippen LogP contribution in [0.25, 0.3) is 6.08 Å². The van der Waals surface area contributed by atoms with Crippen LogP contribution >= 0.6 is 0 Å². The number of benzene rings is 3. The van der Waals surface area contributed by atoms with E-state index < -0.39 is 35.8 Å². The van der Waals surface area contributed by atoms with Crippen LogP contribution in [-0.2, 0) is 32.0 Å². The van der Waals surface area contributed by atoms with Gasteiger partial charge in [0, 0.05) is 13.0 Å². The molecule has 0 aromatic heterocycles. The van der Waals surface area contributed by atoms with Gasteiger partial charge in [-0.2, -0.15) is 0 Å². The fourth-order valence-corrected chi connectivity index (χ4v) is 4.92. The number of primary amides is 1. The quantitative estimate of drug-likeness (QED) is 0.220. The summed E-state index contributed by atoms with van der Waals surface area (Å²) in [5.41, 5.74) is 13.9. The monoisotopic (exact) mass is 569 g/mol. The van der Waals surface area contributed by atoms with Crippen LogP contribution in [0.2, 0.25) is 0 Å². The Morgan fingerprint density at radius 2 is 1.52 bits per heavy atom. The summed E-state index contributed by atoms with van der Waals surface area (Å²) in [5.74, 6) is -2.18. The van der Waals surface area contributed by atoms with Gasteiger partial charge in [0.05, 0.1) is 6.04 Å². The third-order valence-electron chi connectivity index (χ3n) is 7.10. The average molecular weight is 570 g/mol. The Kier molecular flexibility index (Phi) is 10.1. The van der Waals surface area contributed by atoms with Crippen LogP contribution in [0.15, 0.2) is 90.6 Å². The molecule has 4 rings (SSSR count). The van der Waals surface area contributed by atoms with Crippen LogP contribution in [0.5, 0.6) is 5.75 Å². The zero-order valence-electron chi connectivity index (χ0n) is 23.1. The minimum atomic E-state index is -1.05. The lowest BCUT2D eigenvalue weighted by atomic mass is 10.0. The van der Waals surface area contributed by atoms with E-state index in [4.69, 9.17) is 11.5 Å². The predicted octanol–water partition coefficient (Wildman–Crippen LogP) is 1.62. The molecule has 218 valence electrons. The summed E-state index contributed by atoms with van der Waals surface area (Å²) in [7, 11) is 0. The first-order valence-electron chi connectivity index (χ1n) is 13.8. The Morgan fingerprint density at radius 1 is 0.905 bits per heavy atom. The first kappa shape index (κ1) is 30.0. The van der Waals surface area contributed by atoms with Gasteiger partial charge in [-0.25, -0.2) is 0 Å². The summed E-state index contributed by atoms with van der Waals surface area (Å²) < 4.78 is 0. The molecule has 3 atom stereocenters. The van der Waals surface area contributed by atoms with Crippen molar-refractivity contribution in [3.8, 4) is 5.75 Å². The number of likely N-dealkylation sites (tertiary alicyclic amines) is 1. The first-order chi connectivity index (χ1) is 20.2.